The Balaban J connectivity index is 0. The number of esters is 1. The van der Waals surface area contributed by atoms with Crippen LogP contribution in [0.5, 0.6) is 0 Å². The lowest BCUT2D eigenvalue weighted by molar-refractivity contribution is -0.142. The molecule has 98 valence electrons. The van der Waals surface area contributed by atoms with Crippen LogP contribution in [0, 0.1) is 0 Å². The van der Waals surface area contributed by atoms with E-state index in [0.717, 1.165) is 6.54 Å². The Kier molecular flexibility index (Phi) is 11.5. The second kappa shape index (κ2) is 10.1. The molecule has 16 heavy (non-hydrogen) atoms. The number of rotatable bonds is 4. The van der Waals surface area contributed by atoms with Crippen molar-refractivity contribution in [3.05, 3.63) is 0 Å². The zero-order valence-electron chi connectivity index (χ0n) is 9.20. The van der Waals surface area contributed by atoms with Gasteiger partial charge < -0.3 is 15.4 Å². The summed E-state index contributed by atoms with van der Waals surface area (Å²) in [6.45, 7) is 3.37. The van der Waals surface area contributed by atoms with Gasteiger partial charge in [-0.1, -0.05) is 0 Å². The van der Waals surface area contributed by atoms with E-state index in [1.165, 1.54) is 0 Å². The van der Waals surface area contributed by atoms with Crippen molar-refractivity contribution in [2.45, 2.75) is 25.6 Å². The second-order valence-corrected chi connectivity index (χ2v) is 3.30. The van der Waals surface area contributed by atoms with Gasteiger partial charge in [0, 0.05) is 12.6 Å². The van der Waals surface area contributed by atoms with Crippen molar-refractivity contribution in [3.8, 4) is 0 Å². The van der Waals surface area contributed by atoms with E-state index in [0.29, 0.717) is 19.6 Å². The molecule has 0 aromatic heterocycles. The van der Waals surface area contributed by atoms with Crippen LogP contribution in [-0.4, -0.2) is 44.4 Å². The Hall–Kier alpha value is -0.100. The molecule has 1 rings (SSSR count). The van der Waals surface area contributed by atoms with E-state index in [1.807, 2.05) is 0 Å². The maximum absolute atomic E-state index is 13.2. The minimum atomic E-state index is -0.918. The lowest BCUT2D eigenvalue weighted by atomic mass is 10.1. The number of hydrogen-bond acceptors (Lipinski definition) is 4. The Morgan fingerprint density at radius 3 is 2.81 bits per heavy atom. The molecule has 0 spiro atoms. The molecule has 0 aromatic carbocycles. The van der Waals surface area contributed by atoms with E-state index >= 15 is 0 Å². The first-order valence-corrected chi connectivity index (χ1v) is 4.97. The van der Waals surface area contributed by atoms with Gasteiger partial charge in [0.15, 0.2) is 0 Å². The van der Waals surface area contributed by atoms with Crippen molar-refractivity contribution in [2.75, 3.05) is 26.2 Å². The summed E-state index contributed by atoms with van der Waals surface area (Å²) in [5, 5.41) is 5.81. The van der Waals surface area contributed by atoms with Gasteiger partial charge in [-0.15, -0.1) is 24.8 Å². The van der Waals surface area contributed by atoms with Crippen molar-refractivity contribution in [1.29, 1.82) is 0 Å². The first-order chi connectivity index (χ1) is 6.74. The first kappa shape index (κ1) is 18.3. The van der Waals surface area contributed by atoms with Crippen LogP contribution in [0.15, 0.2) is 0 Å². The molecule has 0 bridgehead atoms. The van der Waals surface area contributed by atoms with Crippen molar-refractivity contribution < 1.29 is 13.9 Å². The topological polar surface area (TPSA) is 50.4 Å². The van der Waals surface area contributed by atoms with E-state index in [-0.39, 0.29) is 43.4 Å². The summed E-state index contributed by atoms with van der Waals surface area (Å²) in [5.74, 6) is -0.321. The molecule has 0 radical (unpaired) electrons. The van der Waals surface area contributed by atoms with E-state index in [1.54, 1.807) is 6.92 Å². The smallest absolute Gasteiger partial charge is 0.319 e. The number of carbonyl (C=O) groups excluding carboxylic acids is 1. The third-order valence-electron chi connectivity index (χ3n) is 2.22. The number of nitrogens with one attached hydrogen (secondary N) is 2. The van der Waals surface area contributed by atoms with Crippen LogP contribution in [0.2, 0.25) is 0 Å². The first-order valence-electron chi connectivity index (χ1n) is 4.97. The molecule has 0 unspecified atom stereocenters. The van der Waals surface area contributed by atoms with Crippen molar-refractivity contribution in [3.63, 3.8) is 0 Å². The van der Waals surface area contributed by atoms with Gasteiger partial charge in [0.2, 0.25) is 0 Å². The van der Waals surface area contributed by atoms with Gasteiger partial charge in [-0.25, -0.2) is 4.39 Å². The highest BCUT2D eigenvalue weighted by molar-refractivity contribution is 5.85. The van der Waals surface area contributed by atoms with Gasteiger partial charge in [-0.3, -0.25) is 4.79 Å². The Labute approximate surface area is 107 Å². The molecule has 2 N–H and O–H groups in total. The quantitative estimate of drug-likeness (QED) is 0.742. The molecule has 0 aromatic rings. The molecule has 0 amide bonds. The fraction of sp³-hybridized carbons (Fsp3) is 0.889. The van der Waals surface area contributed by atoms with E-state index in [4.69, 9.17) is 4.74 Å². The summed E-state index contributed by atoms with van der Waals surface area (Å²) in [5.41, 5.74) is 0. The molecule has 1 fully saturated rings. The van der Waals surface area contributed by atoms with Crippen LogP contribution in [0.25, 0.3) is 0 Å². The van der Waals surface area contributed by atoms with Gasteiger partial charge in [0.05, 0.1) is 13.2 Å². The molecule has 7 heteroatoms. The fourth-order valence-corrected chi connectivity index (χ4v) is 1.48. The lowest BCUT2D eigenvalue weighted by Gasteiger charge is -2.27. The van der Waals surface area contributed by atoms with Crippen LogP contribution < -0.4 is 10.6 Å². The van der Waals surface area contributed by atoms with Crippen molar-refractivity contribution >= 4 is 30.8 Å². The molecule has 1 aliphatic heterocycles. The Morgan fingerprint density at radius 1 is 1.56 bits per heavy atom. The summed E-state index contributed by atoms with van der Waals surface area (Å²) in [6.07, 6.45) is -0.209. The Morgan fingerprint density at radius 2 is 2.25 bits per heavy atom. The second-order valence-electron chi connectivity index (χ2n) is 3.30. The van der Waals surface area contributed by atoms with E-state index < -0.39 is 6.17 Å². The van der Waals surface area contributed by atoms with Crippen molar-refractivity contribution in [1.82, 2.24) is 10.6 Å². The fourth-order valence-electron chi connectivity index (χ4n) is 1.48. The van der Waals surface area contributed by atoms with E-state index in [2.05, 4.69) is 10.6 Å². The molecule has 2 atom stereocenters. The number of piperidine rings is 1. The number of carbonyl (C=O) groups is 1. The zero-order chi connectivity index (χ0) is 10.4. The van der Waals surface area contributed by atoms with Crippen LogP contribution in [0.4, 0.5) is 4.39 Å². The zero-order valence-corrected chi connectivity index (χ0v) is 10.8. The third-order valence-corrected chi connectivity index (χ3v) is 2.22. The van der Waals surface area contributed by atoms with Gasteiger partial charge in [0.1, 0.15) is 6.17 Å². The van der Waals surface area contributed by atoms with Crippen LogP contribution in [0.1, 0.15) is 13.3 Å². The highest BCUT2D eigenvalue weighted by Crippen LogP contribution is 2.06. The maximum atomic E-state index is 13.2. The van der Waals surface area contributed by atoms with E-state index in [9.17, 15) is 9.18 Å². The SMILES string of the molecule is CCOC(=O)CN[C@@H]1CCNC[C@@H]1F.Cl.Cl. The molecule has 1 saturated heterocycles. The molecular formula is C9H19Cl2FN2O2. The summed E-state index contributed by atoms with van der Waals surface area (Å²) in [4.78, 5) is 11.0. The monoisotopic (exact) mass is 276 g/mol. The normalized spacial score (nSPS) is 23.9. The summed E-state index contributed by atoms with van der Waals surface area (Å²) < 4.78 is 17.9. The van der Waals surface area contributed by atoms with Crippen molar-refractivity contribution in [2.24, 2.45) is 0 Å². The molecule has 4 nitrogen and oxygen atoms in total. The standard InChI is InChI=1S/C9H17FN2O2.2ClH/c1-2-14-9(13)6-12-8-3-4-11-5-7(8)10;;/h7-8,11-12H,2-6H2,1H3;2*1H/t7-,8+;;/m0../s1. The van der Waals surface area contributed by atoms with Crippen LogP contribution in [0.3, 0.4) is 0 Å². The number of alkyl halides is 1. The highest BCUT2D eigenvalue weighted by atomic mass is 35.5. The maximum Gasteiger partial charge on any atom is 0.319 e. The molecule has 0 saturated carbocycles. The summed E-state index contributed by atoms with van der Waals surface area (Å²) in [6, 6.07) is -0.222. The average molecular weight is 277 g/mol. The van der Waals surface area contributed by atoms with Crippen LogP contribution >= 0.6 is 24.8 Å². The minimum Gasteiger partial charge on any atom is -0.465 e. The Bertz CT molecular complexity index is 198. The highest BCUT2D eigenvalue weighted by Gasteiger charge is 2.24. The van der Waals surface area contributed by atoms with Gasteiger partial charge in [0.25, 0.3) is 0 Å². The molecule has 1 heterocycles. The van der Waals surface area contributed by atoms with Gasteiger partial charge in [-0.2, -0.15) is 0 Å². The van der Waals surface area contributed by atoms with Gasteiger partial charge in [-0.05, 0) is 19.9 Å². The molecular weight excluding hydrogens is 258 g/mol. The third kappa shape index (κ3) is 6.48. The number of hydrogen-bond donors (Lipinski definition) is 2. The molecule has 0 aliphatic carbocycles. The average Bonchev–Trinajstić information content (AvgIpc) is 2.17. The summed E-state index contributed by atoms with van der Waals surface area (Å²) >= 11 is 0. The van der Waals surface area contributed by atoms with Crippen LogP contribution in [-0.2, 0) is 9.53 Å². The summed E-state index contributed by atoms with van der Waals surface area (Å²) in [7, 11) is 0. The number of halogens is 3. The van der Waals surface area contributed by atoms with Gasteiger partial charge >= 0.3 is 5.97 Å². The molecule has 1 aliphatic rings. The largest absolute Gasteiger partial charge is 0.465 e. The predicted octanol–water partition coefficient (Wildman–Crippen LogP) is 0.683. The lowest BCUT2D eigenvalue weighted by Crippen LogP contribution is -2.50. The number of ether oxygens (including phenoxy) is 1. The minimum absolute atomic E-state index is 0. The predicted molar refractivity (Wildman–Crippen MR) is 65.3 cm³/mol.